The van der Waals surface area contributed by atoms with Crippen LogP contribution in [0.5, 0.6) is 0 Å². The average Bonchev–Trinajstić information content (AvgIpc) is 3.15. The summed E-state index contributed by atoms with van der Waals surface area (Å²) in [6.45, 7) is 11.1. The molecule has 1 heterocycles. The fraction of sp³-hybridized carbons (Fsp3) is 0.381. The van der Waals surface area contributed by atoms with Gasteiger partial charge in [0.15, 0.2) is 5.82 Å². The SMILES string of the molecule is CC(C)CN(CC(C)C)c1[c]cc(-c2ccccc2-c2nnn[nH]2)cc1. The van der Waals surface area contributed by atoms with E-state index in [0.29, 0.717) is 17.7 Å². The highest BCUT2D eigenvalue weighted by atomic mass is 15.5. The first-order valence-electron chi connectivity index (χ1n) is 9.14. The molecule has 1 N–H and O–H groups in total. The van der Waals surface area contributed by atoms with Crippen LogP contribution in [0.4, 0.5) is 5.69 Å². The maximum Gasteiger partial charge on any atom is 0.180 e. The van der Waals surface area contributed by atoms with Gasteiger partial charge in [0.05, 0.1) is 0 Å². The molecule has 0 spiro atoms. The number of aromatic amines is 1. The zero-order valence-electron chi connectivity index (χ0n) is 15.9. The van der Waals surface area contributed by atoms with Gasteiger partial charge in [-0.3, -0.25) is 0 Å². The van der Waals surface area contributed by atoms with Gasteiger partial charge in [0, 0.05) is 30.4 Å². The van der Waals surface area contributed by atoms with E-state index in [2.05, 4.69) is 83.6 Å². The minimum Gasteiger partial charge on any atom is -0.371 e. The van der Waals surface area contributed by atoms with Gasteiger partial charge in [-0.2, -0.15) is 0 Å². The van der Waals surface area contributed by atoms with Crippen molar-refractivity contribution in [1.82, 2.24) is 20.6 Å². The van der Waals surface area contributed by atoms with E-state index in [1.54, 1.807) is 0 Å². The predicted octanol–water partition coefficient (Wildman–Crippen LogP) is 4.45. The molecule has 2 aromatic carbocycles. The van der Waals surface area contributed by atoms with E-state index in [0.717, 1.165) is 35.5 Å². The molecule has 135 valence electrons. The number of nitrogens with one attached hydrogen (secondary N) is 1. The monoisotopic (exact) mass is 348 g/mol. The fourth-order valence-electron chi connectivity index (χ4n) is 3.15. The number of rotatable bonds is 7. The van der Waals surface area contributed by atoms with E-state index < -0.39 is 0 Å². The summed E-state index contributed by atoms with van der Waals surface area (Å²) < 4.78 is 0. The topological polar surface area (TPSA) is 57.7 Å². The highest BCUT2D eigenvalue weighted by Crippen LogP contribution is 2.31. The molecule has 0 aliphatic heterocycles. The third-order valence-corrected chi connectivity index (χ3v) is 4.15. The predicted molar refractivity (Wildman–Crippen MR) is 106 cm³/mol. The van der Waals surface area contributed by atoms with Crippen molar-refractivity contribution in [3.05, 3.63) is 48.5 Å². The smallest absolute Gasteiger partial charge is 0.180 e. The van der Waals surface area contributed by atoms with Crippen molar-refractivity contribution in [2.45, 2.75) is 27.7 Å². The third kappa shape index (κ3) is 4.28. The van der Waals surface area contributed by atoms with Crippen molar-refractivity contribution in [2.24, 2.45) is 11.8 Å². The second-order valence-electron chi connectivity index (χ2n) is 7.45. The molecule has 0 atom stereocenters. The quantitative estimate of drug-likeness (QED) is 0.685. The van der Waals surface area contributed by atoms with Crippen LogP contribution in [0.3, 0.4) is 0 Å². The Balaban J connectivity index is 1.90. The molecule has 3 rings (SSSR count). The summed E-state index contributed by atoms with van der Waals surface area (Å²) in [4.78, 5) is 2.42. The lowest BCUT2D eigenvalue weighted by Crippen LogP contribution is -2.31. The zero-order chi connectivity index (χ0) is 18.5. The first kappa shape index (κ1) is 18.1. The normalized spacial score (nSPS) is 11.3. The third-order valence-electron chi connectivity index (χ3n) is 4.15. The minimum absolute atomic E-state index is 0.613. The van der Waals surface area contributed by atoms with Crippen LogP contribution in [-0.2, 0) is 0 Å². The van der Waals surface area contributed by atoms with Gasteiger partial charge >= 0.3 is 0 Å². The van der Waals surface area contributed by atoms with Crippen molar-refractivity contribution in [2.75, 3.05) is 18.0 Å². The highest BCUT2D eigenvalue weighted by Gasteiger charge is 2.13. The molecule has 0 aliphatic rings. The van der Waals surface area contributed by atoms with Crippen LogP contribution in [0.25, 0.3) is 22.5 Å². The van der Waals surface area contributed by atoms with E-state index in [4.69, 9.17) is 0 Å². The molecule has 1 radical (unpaired) electrons. The van der Waals surface area contributed by atoms with Crippen LogP contribution in [0.15, 0.2) is 42.5 Å². The first-order valence-corrected chi connectivity index (χ1v) is 9.14. The van der Waals surface area contributed by atoms with Crippen LogP contribution in [0.2, 0.25) is 0 Å². The van der Waals surface area contributed by atoms with Crippen molar-refractivity contribution >= 4 is 5.69 Å². The van der Waals surface area contributed by atoms with Gasteiger partial charge < -0.3 is 4.90 Å². The number of H-pyrrole nitrogens is 1. The highest BCUT2D eigenvalue weighted by molar-refractivity contribution is 5.80. The van der Waals surface area contributed by atoms with E-state index >= 15 is 0 Å². The van der Waals surface area contributed by atoms with Crippen LogP contribution in [0, 0.1) is 17.9 Å². The largest absolute Gasteiger partial charge is 0.371 e. The van der Waals surface area contributed by atoms with Crippen LogP contribution >= 0.6 is 0 Å². The van der Waals surface area contributed by atoms with Gasteiger partial charge in [0.1, 0.15) is 0 Å². The Kier molecular flexibility index (Phi) is 5.66. The molecule has 26 heavy (non-hydrogen) atoms. The Morgan fingerprint density at radius 2 is 1.65 bits per heavy atom. The second kappa shape index (κ2) is 8.13. The number of hydrogen-bond donors (Lipinski definition) is 1. The molecule has 0 saturated heterocycles. The molecule has 5 heteroatoms. The van der Waals surface area contributed by atoms with Gasteiger partial charge in [0.25, 0.3) is 0 Å². The molecular weight excluding hydrogens is 322 g/mol. The molecule has 5 nitrogen and oxygen atoms in total. The first-order chi connectivity index (χ1) is 12.5. The van der Waals surface area contributed by atoms with Crippen LogP contribution in [0.1, 0.15) is 27.7 Å². The summed E-state index contributed by atoms with van der Waals surface area (Å²) in [5, 5.41) is 14.3. The Bertz CT molecular complexity index is 797. The number of aromatic nitrogens is 4. The Hall–Kier alpha value is -2.69. The lowest BCUT2D eigenvalue weighted by molar-refractivity contribution is 0.552. The van der Waals surface area contributed by atoms with Crippen molar-refractivity contribution in [3.8, 4) is 22.5 Å². The molecule has 0 aliphatic carbocycles. The molecule has 0 bridgehead atoms. The molecule has 0 saturated carbocycles. The second-order valence-corrected chi connectivity index (χ2v) is 7.45. The van der Waals surface area contributed by atoms with Crippen LogP contribution < -0.4 is 4.90 Å². The van der Waals surface area contributed by atoms with Gasteiger partial charge in [0.2, 0.25) is 0 Å². The maximum absolute atomic E-state index is 4.05. The Morgan fingerprint density at radius 3 is 2.19 bits per heavy atom. The van der Waals surface area contributed by atoms with Gasteiger partial charge in [-0.1, -0.05) is 58.0 Å². The van der Waals surface area contributed by atoms with Crippen molar-refractivity contribution < 1.29 is 0 Å². The summed E-state index contributed by atoms with van der Waals surface area (Å²) >= 11 is 0. The number of tetrazole rings is 1. The zero-order valence-corrected chi connectivity index (χ0v) is 15.9. The minimum atomic E-state index is 0.613. The van der Waals surface area contributed by atoms with E-state index in [-0.39, 0.29) is 0 Å². The summed E-state index contributed by atoms with van der Waals surface area (Å²) in [5.74, 6) is 1.90. The molecule has 3 aromatic rings. The van der Waals surface area contributed by atoms with Crippen molar-refractivity contribution in [1.29, 1.82) is 0 Å². The van der Waals surface area contributed by atoms with E-state index in [1.807, 2.05) is 18.2 Å². The van der Waals surface area contributed by atoms with Crippen LogP contribution in [-0.4, -0.2) is 33.7 Å². The van der Waals surface area contributed by atoms with Crippen molar-refractivity contribution in [3.63, 3.8) is 0 Å². The fourth-order valence-corrected chi connectivity index (χ4v) is 3.15. The lowest BCUT2D eigenvalue weighted by Gasteiger charge is -2.28. The summed E-state index contributed by atoms with van der Waals surface area (Å²) in [5.41, 5.74) is 4.33. The summed E-state index contributed by atoms with van der Waals surface area (Å²) in [7, 11) is 0. The molecule has 0 amide bonds. The molecule has 0 fully saturated rings. The Morgan fingerprint density at radius 1 is 0.962 bits per heavy atom. The van der Waals surface area contributed by atoms with E-state index in [1.165, 1.54) is 0 Å². The Labute approximate surface area is 155 Å². The van der Waals surface area contributed by atoms with Gasteiger partial charge in [-0.15, -0.1) is 5.10 Å². The standard InChI is InChI=1S/C21H26N5/c1-15(2)13-26(14-16(3)4)18-11-9-17(10-12-18)19-7-5-6-8-20(19)21-22-24-25-23-21/h5-11,15-16H,13-14H2,1-4H3,(H,22,23,24,25). The molecule has 1 aromatic heterocycles. The lowest BCUT2D eigenvalue weighted by atomic mass is 9.99. The number of hydrogen-bond acceptors (Lipinski definition) is 4. The number of anilines is 1. The van der Waals surface area contributed by atoms with Gasteiger partial charge in [-0.25, -0.2) is 5.10 Å². The summed E-state index contributed by atoms with van der Waals surface area (Å²) in [6, 6.07) is 18.0. The van der Waals surface area contributed by atoms with Gasteiger partial charge in [-0.05, 0) is 45.5 Å². The molecule has 0 unspecified atom stereocenters. The number of nitrogens with zero attached hydrogens (tertiary/aromatic N) is 4. The number of benzene rings is 2. The van der Waals surface area contributed by atoms with E-state index in [9.17, 15) is 0 Å². The average molecular weight is 348 g/mol. The summed E-state index contributed by atoms with van der Waals surface area (Å²) in [6.07, 6.45) is 0. The maximum atomic E-state index is 4.05. The molecular formula is C21H26N5.